The summed E-state index contributed by atoms with van der Waals surface area (Å²) in [6.07, 6.45) is 5.50. The van der Waals surface area contributed by atoms with Gasteiger partial charge in [-0.1, -0.05) is 18.2 Å². The zero-order valence-corrected chi connectivity index (χ0v) is 14.3. The van der Waals surface area contributed by atoms with E-state index in [0.29, 0.717) is 11.8 Å². The summed E-state index contributed by atoms with van der Waals surface area (Å²) in [5, 5.41) is 1.26. The van der Waals surface area contributed by atoms with Crippen LogP contribution >= 0.6 is 0 Å². The van der Waals surface area contributed by atoms with Gasteiger partial charge in [-0.3, -0.25) is 4.98 Å². The number of nitrogens with zero attached hydrogens (tertiary/aromatic N) is 5. The molecule has 4 heterocycles. The maximum Gasteiger partial charge on any atom is 0.134 e. The number of hydrogen-bond donors (Lipinski definition) is 0. The third-order valence-corrected chi connectivity index (χ3v) is 5.62. The zero-order valence-electron chi connectivity index (χ0n) is 14.3. The van der Waals surface area contributed by atoms with Crippen LogP contribution in [0.15, 0.2) is 49.1 Å². The lowest BCUT2D eigenvalue weighted by Gasteiger charge is -2.25. The van der Waals surface area contributed by atoms with Crippen molar-refractivity contribution in [2.75, 3.05) is 36.0 Å². The summed E-state index contributed by atoms with van der Waals surface area (Å²) in [6, 6.07) is 10.6. The Hall–Kier alpha value is -2.69. The van der Waals surface area contributed by atoms with Gasteiger partial charge in [-0.2, -0.15) is 0 Å². The molecule has 2 aromatic heterocycles. The molecule has 0 saturated carbocycles. The van der Waals surface area contributed by atoms with Crippen LogP contribution in [0.3, 0.4) is 0 Å². The van der Waals surface area contributed by atoms with Crippen molar-refractivity contribution in [3.05, 3.63) is 54.6 Å². The lowest BCUT2D eigenvalue weighted by Crippen LogP contribution is -2.29. The maximum absolute atomic E-state index is 4.50. The summed E-state index contributed by atoms with van der Waals surface area (Å²) in [6.45, 7) is 6.49. The number of aryl methyl sites for hydroxylation is 1. The molecule has 2 aliphatic heterocycles. The SMILES string of the molecule is Cc1cncnc1N1CC2CN(c3ccnc4ccccc34)CC2C1. The second-order valence-electron chi connectivity index (χ2n) is 7.21. The van der Waals surface area contributed by atoms with Gasteiger partial charge in [0.15, 0.2) is 0 Å². The zero-order chi connectivity index (χ0) is 16.8. The fourth-order valence-electron chi connectivity index (χ4n) is 4.44. The van der Waals surface area contributed by atoms with Crippen molar-refractivity contribution < 1.29 is 0 Å². The van der Waals surface area contributed by atoms with Crippen molar-refractivity contribution in [2.45, 2.75) is 6.92 Å². The Kier molecular flexibility index (Phi) is 3.33. The van der Waals surface area contributed by atoms with Crippen molar-refractivity contribution in [2.24, 2.45) is 11.8 Å². The van der Waals surface area contributed by atoms with Gasteiger partial charge in [0.2, 0.25) is 0 Å². The second kappa shape index (κ2) is 5.69. The van der Waals surface area contributed by atoms with Crippen LogP contribution in [0.2, 0.25) is 0 Å². The van der Waals surface area contributed by atoms with Crippen molar-refractivity contribution >= 4 is 22.4 Å². The smallest absolute Gasteiger partial charge is 0.134 e. The van der Waals surface area contributed by atoms with Crippen molar-refractivity contribution in [3.63, 3.8) is 0 Å². The number of fused-ring (bicyclic) bond motifs is 2. The molecule has 0 N–H and O–H groups in total. The highest BCUT2D eigenvalue weighted by Gasteiger charge is 2.41. The molecule has 0 bridgehead atoms. The molecule has 5 heteroatoms. The quantitative estimate of drug-likeness (QED) is 0.722. The molecular formula is C20H21N5. The van der Waals surface area contributed by atoms with E-state index in [2.05, 4.69) is 62.0 Å². The van der Waals surface area contributed by atoms with Crippen LogP contribution in [0, 0.1) is 18.8 Å². The van der Waals surface area contributed by atoms with Crippen LogP contribution in [-0.2, 0) is 0 Å². The number of pyridine rings is 1. The first-order chi connectivity index (χ1) is 12.3. The van der Waals surface area contributed by atoms with Gasteiger partial charge in [0.25, 0.3) is 0 Å². The first kappa shape index (κ1) is 14.6. The third-order valence-electron chi connectivity index (χ3n) is 5.62. The van der Waals surface area contributed by atoms with Crippen LogP contribution in [0.25, 0.3) is 10.9 Å². The summed E-state index contributed by atoms with van der Waals surface area (Å²) in [5.41, 5.74) is 3.57. The molecule has 2 atom stereocenters. The molecule has 25 heavy (non-hydrogen) atoms. The van der Waals surface area contributed by atoms with Crippen LogP contribution in [0.5, 0.6) is 0 Å². The van der Waals surface area contributed by atoms with Gasteiger partial charge in [-0.05, 0) is 19.1 Å². The predicted molar refractivity (Wildman–Crippen MR) is 99.9 cm³/mol. The second-order valence-corrected chi connectivity index (χ2v) is 7.21. The normalized spacial score (nSPS) is 22.6. The predicted octanol–water partition coefficient (Wildman–Crippen LogP) is 2.91. The van der Waals surface area contributed by atoms with Crippen LogP contribution < -0.4 is 9.80 Å². The standard InChI is InChI=1S/C20H21N5/c1-14-8-21-13-23-20(14)25-11-15-9-24(10-16(15)12-25)19-6-7-22-18-5-3-2-4-17(18)19/h2-8,13,15-16H,9-12H2,1H3. The summed E-state index contributed by atoms with van der Waals surface area (Å²) in [5.74, 6) is 2.49. The van der Waals surface area contributed by atoms with Crippen LogP contribution in [-0.4, -0.2) is 41.1 Å². The molecule has 3 aromatic rings. The van der Waals surface area contributed by atoms with Gasteiger partial charge in [0, 0.05) is 67.0 Å². The first-order valence-corrected chi connectivity index (χ1v) is 8.90. The van der Waals surface area contributed by atoms with E-state index in [0.717, 1.165) is 37.5 Å². The molecule has 2 saturated heterocycles. The van der Waals surface area contributed by atoms with E-state index in [-0.39, 0.29) is 0 Å². The molecule has 0 spiro atoms. The van der Waals surface area contributed by atoms with Crippen molar-refractivity contribution in [1.82, 2.24) is 15.0 Å². The van der Waals surface area contributed by atoms with Crippen LogP contribution in [0.4, 0.5) is 11.5 Å². The molecule has 5 rings (SSSR count). The van der Waals surface area contributed by atoms with Gasteiger partial charge in [0.05, 0.1) is 5.52 Å². The van der Waals surface area contributed by atoms with Gasteiger partial charge in [-0.15, -0.1) is 0 Å². The Morgan fingerprint density at radius 1 is 0.920 bits per heavy atom. The minimum atomic E-state index is 0.696. The largest absolute Gasteiger partial charge is 0.370 e. The molecule has 2 aliphatic rings. The van der Waals surface area contributed by atoms with E-state index in [4.69, 9.17) is 0 Å². The topological polar surface area (TPSA) is 45.2 Å². The molecular weight excluding hydrogens is 310 g/mol. The average molecular weight is 331 g/mol. The fourth-order valence-corrected chi connectivity index (χ4v) is 4.44. The number of aromatic nitrogens is 3. The molecule has 1 aromatic carbocycles. The molecule has 0 amide bonds. The Morgan fingerprint density at radius 2 is 1.68 bits per heavy atom. The number of hydrogen-bond acceptors (Lipinski definition) is 5. The van der Waals surface area contributed by atoms with Crippen molar-refractivity contribution in [1.29, 1.82) is 0 Å². The van der Waals surface area contributed by atoms with E-state index >= 15 is 0 Å². The lowest BCUT2D eigenvalue weighted by molar-refractivity contribution is 0.533. The fraction of sp³-hybridized carbons (Fsp3) is 0.350. The van der Waals surface area contributed by atoms with Gasteiger partial charge < -0.3 is 9.80 Å². The Bertz CT molecular complexity index is 905. The average Bonchev–Trinajstić information content (AvgIpc) is 3.20. The number of para-hydroxylation sites is 1. The summed E-state index contributed by atoms with van der Waals surface area (Å²) >= 11 is 0. The summed E-state index contributed by atoms with van der Waals surface area (Å²) in [7, 11) is 0. The molecule has 126 valence electrons. The summed E-state index contributed by atoms with van der Waals surface area (Å²) in [4.78, 5) is 18.1. The van der Waals surface area contributed by atoms with Gasteiger partial charge in [-0.25, -0.2) is 9.97 Å². The Balaban J connectivity index is 1.38. The first-order valence-electron chi connectivity index (χ1n) is 8.90. The number of rotatable bonds is 2. The summed E-state index contributed by atoms with van der Waals surface area (Å²) < 4.78 is 0. The Labute approximate surface area is 147 Å². The number of benzene rings is 1. The molecule has 0 aliphatic carbocycles. The molecule has 5 nitrogen and oxygen atoms in total. The van der Waals surface area contributed by atoms with Gasteiger partial charge in [0.1, 0.15) is 12.1 Å². The van der Waals surface area contributed by atoms with E-state index in [1.807, 2.05) is 12.4 Å². The van der Waals surface area contributed by atoms with E-state index in [1.54, 1.807) is 6.33 Å². The molecule has 0 radical (unpaired) electrons. The van der Waals surface area contributed by atoms with E-state index in [1.165, 1.54) is 16.6 Å². The minimum Gasteiger partial charge on any atom is -0.370 e. The van der Waals surface area contributed by atoms with Crippen molar-refractivity contribution in [3.8, 4) is 0 Å². The van der Waals surface area contributed by atoms with E-state index < -0.39 is 0 Å². The Morgan fingerprint density at radius 3 is 2.48 bits per heavy atom. The molecule has 2 fully saturated rings. The molecule has 2 unspecified atom stereocenters. The lowest BCUT2D eigenvalue weighted by atomic mass is 10.0. The highest BCUT2D eigenvalue weighted by atomic mass is 15.3. The van der Waals surface area contributed by atoms with Crippen LogP contribution in [0.1, 0.15) is 5.56 Å². The third kappa shape index (κ3) is 2.42. The highest BCUT2D eigenvalue weighted by Crippen LogP contribution is 2.37. The maximum atomic E-state index is 4.50. The minimum absolute atomic E-state index is 0.696. The highest BCUT2D eigenvalue weighted by molar-refractivity contribution is 5.91. The monoisotopic (exact) mass is 331 g/mol. The number of anilines is 2. The van der Waals surface area contributed by atoms with Gasteiger partial charge >= 0.3 is 0 Å². The van der Waals surface area contributed by atoms with E-state index in [9.17, 15) is 0 Å².